The monoisotopic (exact) mass is 730 g/mol. The average Bonchev–Trinajstić information content (AvgIpc) is 3.63. The SMILES string of the molecule is COc1cc(CC2C(=O)OCC2Cc2cc(OC)c(O)c(-c3cc(CC4COC(=O)C4(O)Cc4ccc(O)c(OC)c4)cc(OC)c3O)c2)ccc1O. The second kappa shape index (κ2) is 15.0. The Kier molecular flexibility index (Phi) is 10.5. The lowest BCUT2D eigenvalue weighted by atomic mass is 9.80. The zero-order valence-corrected chi connectivity index (χ0v) is 29.8. The lowest BCUT2D eigenvalue weighted by Gasteiger charge is -2.26. The normalized spacial score (nSPS) is 20.9. The van der Waals surface area contributed by atoms with Crippen molar-refractivity contribution in [1.82, 2.24) is 0 Å². The van der Waals surface area contributed by atoms with E-state index in [0.29, 0.717) is 35.3 Å². The van der Waals surface area contributed by atoms with Crippen LogP contribution in [0.15, 0.2) is 60.7 Å². The van der Waals surface area contributed by atoms with Crippen molar-refractivity contribution < 1.29 is 63.5 Å². The molecule has 0 spiro atoms. The Balaban J connectivity index is 1.31. The Morgan fingerprint density at radius 2 is 1.13 bits per heavy atom. The lowest BCUT2D eigenvalue weighted by Crippen LogP contribution is -2.44. The molecule has 2 aliphatic heterocycles. The summed E-state index contributed by atoms with van der Waals surface area (Å²) in [5.41, 5.74) is 1.12. The molecule has 4 atom stereocenters. The van der Waals surface area contributed by atoms with Gasteiger partial charge in [0.15, 0.2) is 51.6 Å². The van der Waals surface area contributed by atoms with Gasteiger partial charge in [-0.2, -0.15) is 0 Å². The molecule has 13 heteroatoms. The van der Waals surface area contributed by atoms with Gasteiger partial charge in [0.1, 0.15) is 0 Å². The third-order valence-corrected chi connectivity index (χ3v) is 10.2. The van der Waals surface area contributed by atoms with E-state index in [2.05, 4.69) is 0 Å². The lowest BCUT2D eigenvalue weighted by molar-refractivity contribution is -0.154. The molecule has 13 nitrogen and oxygen atoms in total. The summed E-state index contributed by atoms with van der Waals surface area (Å²) in [4.78, 5) is 25.9. The smallest absolute Gasteiger partial charge is 0.338 e. The van der Waals surface area contributed by atoms with Gasteiger partial charge in [-0.05, 0) is 90.0 Å². The van der Waals surface area contributed by atoms with E-state index in [1.165, 1.54) is 40.6 Å². The first-order valence-corrected chi connectivity index (χ1v) is 17.0. The van der Waals surface area contributed by atoms with Crippen LogP contribution in [0, 0.1) is 17.8 Å². The van der Waals surface area contributed by atoms with Gasteiger partial charge in [-0.3, -0.25) is 4.79 Å². The number of esters is 2. The standard InChI is InChI=1S/C40H42O13/c1-48-32-14-21(5-7-30(32)41)11-27-25(19-52-38(27)45)9-23-12-28(36(43)34(16-23)50-3)29-13-24(17-35(51-4)37(29)44)10-26-20-53-39(46)40(26,47)18-22-6-8-31(42)33(15-22)49-2/h5-8,12-17,25-27,41-44,47H,9-11,18-20H2,1-4H3. The number of phenolic OH excluding ortho intramolecular Hbond substituents is 4. The van der Waals surface area contributed by atoms with E-state index >= 15 is 0 Å². The maximum Gasteiger partial charge on any atom is 0.338 e. The number of carbonyl (C=O) groups excluding carboxylic acids is 2. The molecule has 6 rings (SSSR count). The van der Waals surface area contributed by atoms with Gasteiger partial charge in [0, 0.05) is 29.4 Å². The number of aliphatic hydroxyl groups is 1. The van der Waals surface area contributed by atoms with Crippen molar-refractivity contribution in [1.29, 1.82) is 0 Å². The zero-order valence-electron chi connectivity index (χ0n) is 29.8. The van der Waals surface area contributed by atoms with Crippen molar-refractivity contribution in [2.24, 2.45) is 17.8 Å². The van der Waals surface area contributed by atoms with Gasteiger partial charge >= 0.3 is 11.9 Å². The minimum absolute atomic E-state index is 0.00894. The summed E-state index contributed by atoms with van der Waals surface area (Å²) in [5.74, 6) is -2.45. The van der Waals surface area contributed by atoms with E-state index in [4.69, 9.17) is 28.4 Å². The Hall–Kier alpha value is -5.82. The summed E-state index contributed by atoms with van der Waals surface area (Å²) in [6.07, 6.45) is 0.736. The Bertz CT molecular complexity index is 2020. The van der Waals surface area contributed by atoms with E-state index in [-0.39, 0.29) is 89.3 Å². The fourth-order valence-electron chi connectivity index (χ4n) is 7.23. The molecule has 2 saturated heterocycles. The molecule has 2 fully saturated rings. The van der Waals surface area contributed by atoms with Crippen LogP contribution in [-0.2, 0) is 44.7 Å². The minimum atomic E-state index is -1.92. The van der Waals surface area contributed by atoms with Crippen LogP contribution in [0.25, 0.3) is 11.1 Å². The first-order chi connectivity index (χ1) is 25.4. The summed E-state index contributed by atoms with van der Waals surface area (Å²) in [7, 11) is 5.64. The highest BCUT2D eigenvalue weighted by atomic mass is 16.6. The van der Waals surface area contributed by atoms with Crippen LogP contribution in [0.4, 0.5) is 0 Å². The second-order valence-electron chi connectivity index (χ2n) is 13.4. The fourth-order valence-corrected chi connectivity index (χ4v) is 7.23. The van der Waals surface area contributed by atoms with Crippen LogP contribution in [0.3, 0.4) is 0 Å². The Morgan fingerprint density at radius 3 is 1.70 bits per heavy atom. The van der Waals surface area contributed by atoms with Gasteiger partial charge in [0.25, 0.3) is 0 Å². The number of hydrogen-bond acceptors (Lipinski definition) is 13. The number of carbonyl (C=O) groups is 2. The van der Waals surface area contributed by atoms with E-state index in [1.54, 1.807) is 48.5 Å². The van der Waals surface area contributed by atoms with E-state index in [1.807, 2.05) is 0 Å². The number of phenols is 4. The largest absolute Gasteiger partial charge is 0.504 e. The second-order valence-corrected chi connectivity index (χ2v) is 13.4. The van der Waals surface area contributed by atoms with Crippen molar-refractivity contribution in [2.45, 2.75) is 31.3 Å². The minimum Gasteiger partial charge on any atom is -0.504 e. The van der Waals surface area contributed by atoms with Crippen molar-refractivity contribution in [3.63, 3.8) is 0 Å². The topological polar surface area (TPSA) is 191 Å². The average molecular weight is 731 g/mol. The third kappa shape index (κ3) is 7.29. The molecule has 0 amide bonds. The molecule has 4 unspecified atom stereocenters. The molecular formula is C40H42O13. The van der Waals surface area contributed by atoms with Crippen LogP contribution in [0.5, 0.6) is 46.0 Å². The predicted octanol–water partition coefficient (Wildman–Crippen LogP) is 4.47. The van der Waals surface area contributed by atoms with Crippen LogP contribution in [0.1, 0.15) is 22.3 Å². The highest BCUT2D eigenvalue weighted by Crippen LogP contribution is 2.47. The first-order valence-electron chi connectivity index (χ1n) is 17.0. The van der Waals surface area contributed by atoms with E-state index < -0.39 is 23.4 Å². The molecule has 2 aliphatic rings. The third-order valence-electron chi connectivity index (χ3n) is 10.2. The van der Waals surface area contributed by atoms with Crippen molar-refractivity contribution in [3.05, 3.63) is 82.9 Å². The molecule has 0 saturated carbocycles. The summed E-state index contributed by atoms with van der Waals surface area (Å²) in [6, 6.07) is 16.1. The van der Waals surface area contributed by atoms with Gasteiger partial charge < -0.3 is 54.0 Å². The fraction of sp³-hybridized carbons (Fsp3) is 0.350. The van der Waals surface area contributed by atoms with Crippen LogP contribution in [-0.4, -0.2) is 84.7 Å². The van der Waals surface area contributed by atoms with E-state index in [9.17, 15) is 35.1 Å². The molecule has 4 aromatic rings. The maximum atomic E-state index is 13.0. The molecule has 4 aromatic carbocycles. The summed E-state index contributed by atoms with van der Waals surface area (Å²) < 4.78 is 32.3. The Morgan fingerprint density at radius 1 is 0.623 bits per heavy atom. The van der Waals surface area contributed by atoms with Crippen LogP contribution < -0.4 is 18.9 Å². The molecular weight excluding hydrogens is 688 g/mol. The summed E-state index contributed by atoms with van der Waals surface area (Å²) >= 11 is 0. The number of aromatic hydroxyl groups is 4. The molecule has 0 bridgehead atoms. The van der Waals surface area contributed by atoms with Crippen molar-refractivity contribution >= 4 is 11.9 Å². The molecule has 53 heavy (non-hydrogen) atoms. The molecule has 5 N–H and O–H groups in total. The Labute approximate surface area is 305 Å². The van der Waals surface area contributed by atoms with E-state index in [0.717, 1.165) is 5.56 Å². The number of hydrogen-bond donors (Lipinski definition) is 5. The molecule has 0 radical (unpaired) electrons. The number of rotatable bonds is 13. The highest BCUT2D eigenvalue weighted by molar-refractivity contribution is 5.83. The molecule has 2 heterocycles. The van der Waals surface area contributed by atoms with Crippen molar-refractivity contribution in [2.75, 3.05) is 41.7 Å². The summed E-state index contributed by atoms with van der Waals surface area (Å²) in [6.45, 7) is 0.103. The highest BCUT2D eigenvalue weighted by Gasteiger charge is 2.51. The molecule has 0 aromatic heterocycles. The van der Waals surface area contributed by atoms with Gasteiger partial charge in [0.2, 0.25) is 0 Å². The first kappa shape index (κ1) is 37.0. The van der Waals surface area contributed by atoms with Crippen molar-refractivity contribution in [3.8, 4) is 57.1 Å². The van der Waals surface area contributed by atoms with Crippen LogP contribution in [0.2, 0.25) is 0 Å². The molecule has 280 valence electrons. The van der Waals surface area contributed by atoms with Gasteiger partial charge in [-0.25, -0.2) is 4.79 Å². The number of benzene rings is 4. The van der Waals surface area contributed by atoms with Gasteiger partial charge in [-0.15, -0.1) is 0 Å². The predicted molar refractivity (Wildman–Crippen MR) is 190 cm³/mol. The number of methoxy groups -OCH3 is 4. The summed E-state index contributed by atoms with van der Waals surface area (Å²) in [5, 5.41) is 54.5. The number of cyclic esters (lactones) is 2. The van der Waals surface area contributed by atoms with Crippen LogP contribution >= 0.6 is 0 Å². The number of ether oxygens (including phenoxy) is 6. The quantitative estimate of drug-likeness (QED) is 0.121. The van der Waals surface area contributed by atoms with Gasteiger partial charge in [-0.1, -0.05) is 12.1 Å². The maximum absolute atomic E-state index is 13.0. The van der Waals surface area contributed by atoms with Gasteiger partial charge in [0.05, 0.1) is 47.6 Å². The molecule has 0 aliphatic carbocycles. The zero-order chi connectivity index (χ0) is 38.0.